The van der Waals surface area contributed by atoms with Gasteiger partial charge in [0.15, 0.2) is 0 Å². The van der Waals surface area contributed by atoms with E-state index in [1.165, 1.54) is 12.1 Å². The zero-order valence-corrected chi connectivity index (χ0v) is 8.00. The summed E-state index contributed by atoms with van der Waals surface area (Å²) >= 11 is 0. The van der Waals surface area contributed by atoms with Crippen LogP contribution in [-0.4, -0.2) is 11.9 Å². The number of nitrogens with two attached hydrogens (primary N) is 1. The summed E-state index contributed by atoms with van der Waals surface area (Å²) in [7, 11) is 0. The molecule has 0 saturated heterocycles. The maximum Gasteiger partial charge on any atom is 0.330 e. The molecule has 0 unspecified atom stereocenters. The molecular weight excluding hydrogens is 201 g/mol. The predicted molar refractivity (Wildman–Crippen MR) is 51.3 cm³/mol. The summed E-state index contributed by atoms with van der Waals surface area (Å²) in [5.74, 6) is -1.14. The molecule has 1 aromatic rings. The van der Waals surface area contributed by atoms with Crippen molar-refractivity contribution < 1.29 is 14.0 Å². The van der Waals surface area contributed by atoms with Crippen LogP contribution in [0.25, 0.3) is 0 Å². The third-order valence-corrected chi connectivity index (χ3v) is 1.74. The Labute approximate surface area is 85.4 Å². The number of hydrogen-bond acceptors (Lipinski definition) is 2. The van der Waals surface area contributed by atoms with Crippen molar-refractivity contribution in [2.24, 2.45) is 5.73 Å². The number of amides is 3. The molecule has 6 heteroatoms. The first-order chi connectivity index (χ1) is 7.00. The van der Waals surface area contributed by atoms with E-state index >= 15 is 0 Å². The van der Waals surface area contributed by atoms with Gasteiger partial charge in [0.1, 0.15) is 5.82 Å². The van der Waals surface area contributed by atoms with Gasteiger partial charge in [-0.2, -0.15) is 0 Å². The zero-order valence-electron chi connectivity index (χ0n) is 8.00. The summed E-state index contributed by atoms with van der Waals surface area (Å²) in [5.41, 5.74) is 9.43. The van der Waals surface area contributed by atoms with Gasteiger partial charge in [0, 0.05) is 5.56 Å². The van der Waals surface area contributed by atoms with Gasteiger partial charge in [-0.05, 0) is 24.6 Å². The molecule has 0 heterocycles. The summed E-state index contributed by atoms with van der Waals surface area (Å²) in [4.78, 5) is 21.7. The highest BCUT2D eigenvalue weighted by Gasteiger charge is 2.09. The molecule has 0 saturated carbocycles. The van der Waals surface area contributed by atoms with Crippen LogP contribution in [0.5, 0.6) is 0 Å². The molecule has 0 bridgehead atoms. The van der Waals surface area contributed by atoms with Gasteiger partial charge in [-0.15, -0.1) is 0 Å². The minimum Gasteiger partial charge on any atom is -0.350 e. The molecule has 0 aromatic heterocycles. The second kappa shape index (κ2) is 4.41. The number of aryl methyl sites for hydroxylation is 1. The van der Waals surface area contributed by atoms with Gasteiger partial charge >= 0.3 is 6.03 Å². The Morgan fingerprint density at radius 3 is 2.60 bits per heavy atom. The number of hydrazine groups is 1. The zero-order chi connectivity index (χ0) is 11.4. The normalized spacial score (nSPS) is 9.47. The van der Waals surface area contributed by atoms with Crippen molar-refractivity contribution in [3.63, 3.8) is 0 Å². The number of urea groups is 1. The Balaban J connectivity index is 2.81. The van der Waals surface area contributed by atoms with Crippen molar-refractivity contribution in [1.29, 1.82) is 0 Å². The molecule has 0 fully saturated rings. The van der Waals surface area contributed by atoms with Gasteiger partial charge in [0.05, 0.1) is 0 Å². The number of halogens is 1. The van der Waals surface area contributed by atoms with Gasteiger partial charge in [-0.25, -0.2) is 14.6 Å². The average Bonchev–Trinajstić information content (AvgIpc) is 2.18. The monoisotopic (exact) mass is 211 g/mol. The maximum atomic E-state index is 12.8. The Bertz CT molecular complexity index is 406. The van der Waals surface area contributed by atoms with E-state index in [4.69, 9.17) is 5.73 Å². The van der Waals surface area contributed by atoms with Gasteiger partial charge in [-0.3, -0.25) is 10.2 Å². The maximum absolute atomic E-state index is 12.8. The number of carbonyl (C=O) groups excluding carboxylic acids is 2. The Morgan fingerprint density at radius 2 is 2.00 bits per heavy atom. The first-order valence-corrected chi connectivity index (χ1v) is 4.12. The van der Waals surface area contributed by atoms with E-state index < -0.39 is 17.8 Å². The highest BCUT2D eigenvalue weighted by Crippen LogP contribution is 2.09. The summed E-state index contributed by atoms with van der Waals surface area (Å²) in [6.07, 6.45) is 0. The highest BCUT2D eigenvalue weighted by atomic mass is 19.1. The van der Waals surface area contributed by atoms with Crippen molar-refractivity contribution in [1.82, 2.24) is 10.9 Å². The number of benzene rings is 1. The van der Waals surface area contributed by atoms with Crippen LogP contribution in [0.4, 0.5) is 9.18 Å². The van der Waals surface area contributed by atoms with Crippen molar-refractivity contribution in [2.75, 3.05) is 0 Å². The number of primary amides is 1. The van der Waals surface area contributed by atoms with Crippen LogP contribution in [0.2, 0.25) is 0 Å². The minimum atomic E-state index is -0.891. The average molecular weight is 211 g/mol. The fourth-order valence-corrected chi connectivity index (χ4v) is 1.02. The standard InChI is InChI=1S/C9H10FN3O2/c1-5-2-3-6(10)4-7(5)8(14)12-13-9(11)15/h2-4H,1H3,(H,12,14)(H3,11,13,15). The lowest BCUT2D eigenvalue weighted by Gasteiger charge is -2.07. The molecule has 0 radical (unpaired) electrons. The molecule has 1 aromatic carbocycles. The molecule has 0 aliphatic rings. The largest absolute Gasteiger partial charge is 0.350 e. The number of rotatable bonds is 1. The fourth-order valence-electron chi connectivity index (χ4n) is 1.02. The Hall–Kier alpha value is -2.11. The smallest absolute Gasteiger partial charge is 0.330 e. The molecule has 80 valence electrons. The van der Waals surface area contributed by atoms with Crippen molar-refractivity contribution in [2.45, 2.75) is 6.92 Å². The molecule has 1 rings (SSSR count). The third-order valence-electron chi connectivity index (χ3n) is 1.74. The second-order valence-corrected chi connectivity index (χ2v) is 2.90. The summed E-state index contributed by atoms with van der Waals surface area (Å²) in [6, 6.07) is 2.90. The van der Waals surface area contributed by atoms with Gasteiger partial charge < -0.3 is 5.73 Å². The van der Waals surface area contributed by atoms with E-state index in [2.05, 4.69) is 0 Å². The van der Waals surface area contributed by atoms with Gasteiger partial charge in [-0.1, -0.05) is 6.07 Å². The summed E-state index contributed by atoms with van der Waals surface area (Å²) in [6.45, 7) is 1.65. The quantitative estimate of drug-likeness (QED) is 0.589. The van der Waals surface area contributed by atoms with Crippen LogP contribution in [0.1, 0.15) is 15.9 Å². The molecule has 0 spiro atoms. The van der Waals surface area contributed by atoms with Crippen LogP contribution >= 0.6 is 0 Å². The van der Waals surface area contributed by atoms with Gasteiger partial charge in [0.2, 0.25) is 0 Å². The first-order valence-electron chi connectivity index (χ1n) is 4.12. The van der Waals surface area contributed by atoms with Crippen LogP contribution in [-0.2, 0) is 0 Å². The van der Waals surface area contributed by atoms with Crippen molar-refractivity contribution >= 4 is 11.9 Å². The fraction of sp³-hybridized carbons (Fsp3) is 0.111. The van der Waals surface area contributed by atoms with Crippen molar-refractivity contribution in [3.8, 4) is 0 Å². The number of nitrogens with one attached hydrogen (secondary N) is 2. The molecule has 4 N–H and O–H groups in total. The van der Waals surface area contributed by atoms with E-state index in [1.807, 2.05) is 10.9 Å². The lowest BCUT2D eigenvalue weighted by molar-refractivity contribution is 0.0936. The lowest BCUT2D eigenvalue weighted by atomic mass is 10.1. The highest BCUT2D eigenvalue weighted by molar-refractivity contribution is 5.96. The van der Waals surface area contributed by atoms with Crippen LogP contribution in [0, 0.1) is 12.7 Å². The van der Waals surface area contributed by atoms with E-state index in [9.17, 15) is 14.0 Å². The Morgan fingerprint density at radius 1 is 1.33 bits per heavy atom. The molecule has 0 atom stereocenters. The SMILES string of the molecule is Cc1ccc(F)cc1C(=O)NNC(N)=O. The molecular formula is C9H10FN3O2. The minimum absolute atomic E-state index is 0.142. The lowest BCUT2D eigenvalue weighted by Crippen LogP contribution is -2.44. The Kier molecular flexibility index (Phi) is 3.22. The van der Waals surface area contributed by atoms with E-state index in [1.54, 1.807) is 6.92 Å². The second-order valence-electron chi connectivity index (χ2n) is 2.90. The molecule has 5 nitrogen and oxygen atoms in total. The summed E-state index contributed by atoms with van der Waals surface area (Å²) in [5, 5.41) is 0. The number of carbonyl (C=O) groups is 2. The summed E-state index contributed by atoms with van der Waals surface area (Å²) < 4.78 is 12.8. The van der Waals surface area contributed by atoms with E-state index in [0.717, 1.165) is 6.07 Å². The number of hydrogen-bond donors (Lipinski definition) is 3. The van der Waals surface area contributed by atoms with E-state index in [0.29, 0.717) is 5.56 Å². The molecule has 3 amide bonds. The molecule has 0 aliphatic heterocycles. The topological polar surface area (TPSA) is 84.2 Å². The van der Waals surface area contributed by atoms with E-state index in [-0.39, 0.29) is 5.56 Å². The first kappa shape index (κ1) is 11.0. The van der Waals surface area contributed by atoms with Crippen LogP contribution < -0.4 is 16.6 Å². The molecule has 0 aliphatic carbocycles. The molecule has 15 heavy (non-hydrogen) atoms. The predicted octanol–water partition coefficient (Wildman–Crippen LogP) is 0.447. The van der Waals surface area contributed by atoms with Crippen molar-refractivity contribution in [3.05, 3.63) is 35.1 Å². The van der Waals surface area contributed by atoms with Crippen LogP contribution in [0.15, 0.2) is 18.2 Å². The van der Waals surface area contributed by atoms with Crippen LogP contribution in [0.3, 0.4) is 0 Å². The third kappa shape index (κ3) is 2.94. The van der Waals surface area contributed by atoms with Gasteiger partial charge in [0.25, 0.3) is 5.91 Å².